The number of amides is 1. The zero-order valence-corrected chi connectivity index (χ0v) is 19.2. The lowest BCUT2D eigenvalue weighted by Crippen LogP contribution is -2.51. The number of aryl methyl sites for hydroxylation is 1. The van der Waals surface area contributed by atoms with E-state index in [1.807, 2.05) is 11.0 Å². The Labute approximate surface area is 196 Å². The van der Waals surface area contributed by atoms with Crippen LogP contribution in [0.5, 0.6) is 5.75 Å². The van der Waals surface area contributed by atoms with E-state index in [9.17, 15) is 4.79 Å². The standard InChI is InChI=1S/C29H32N2O2/c32-28(22-33-27-17-9-15-23-10-7-8-16-26(23)27)30-18-20-31(21-19-30)29(24-11-3-1-4-12-24)25-13-5-2-6-14-25/h1-6,9,11-15,17,29H,7-8,10,16,18-22H2. The lowest BCUT2D eigenvalue weighted by atomic mass is 9.91. The molecular formula is C29H32N2O2. The molecule has 5 rings (SSSR count). The first-order valence-corrected chi connectivity index (χ1v) is 12.1. The van der Waals surface area contributed by atoms with Crippen LogP contribution in [-0.2, 0) is 17.6 Å². The van der Waals surface area contributed by atoms with Gasteiger partial charge in [0, 0.05) is 26.2 Å². The Hall–Kier alpha value is -3.11. The van der Waals surface area contributed by atoms with Crippen molar-refractivity contribution in [3.63, 3.8) is 0 Å². The zero-order chi connectivity index (χ0) is 22.5. The second-order valence-corrected chi connectivity index (χ2v) is 9.03. The van der Waals surface area contributed by atoms with Crippen LogP contribution < -0.4 is 4.74 Å². The molecule has 0 aromatic heterocycles. The van der Waals surface area contributed by atoms with Crippen LogP contribution in [0.2, 0.25) is 0 Å². The maximum atomic E-state index is 12.9. The molecule has 1 aliphatic heterocycles. The monoisotopic (exact) mass is 440 g/mol. The maximum Gasteiger partial charge on any atom is 0.260 e. The molecule has 1 aliphatic carbocycles. The van der Waals surface area contributed by atoms with Gasteiger partial charge in [-0.2, -0.15) is 0 Å². The molecular weight excluding hydrogens is 408 g/mol. The molecule has 0 radical (unpaired) electrons. The highest BCUT2D eigenvalue weighted by atomic mass is 16.5. The highest BCUT2D eigenvalue weighted by Crippen LogP contribution is 2.31. The fourth-order valence-corrected chi connectivity index (χ4v) is 5.23. The minimum Gasteiger partial charge on any atom is -0.483 e. The van der Waals surface area contributed by atoms with Gasteiger partial charge in [-0.25, -0.2) is 0 Å². The van der Waals surface area contributed by atoms with E-state index < -0.39 is 0 Å². The Kier molecular flexibility index (Phi) is 6.73. The summed E-state index contributed by atoms with van der Waals surface area (Å²) in [6.45, 7) is 3.27. The predicted molar refractivity (Wildman–Crippen MR) is 131 cm³/mol. The number of benzene rings is 3. The summed E-state index contributed by atoms with van der Waals surface area (Å²) < 4.78 is 6.03. The highest BCUT2D eigenvalue weighted by molar-refractivity contribution is 5.78. The van der Waals surface area contributed by atoms with Gasteiger partial charge < -0.3 is 9.64 Å². The number of carbonyl (C=O) groups is 1. The third-order valence-electron chi connectivity index (χ3n) is 6.97. The first-order chi connectivity index (χ1) is 16.3. The quantitative estimate of drug-likeness (QED) is 0.548. The number of ether oxygens (including phenoxy) is 1. The molecule has 0 bridgehead atoms. The van der Waals surface area contributed by atoms with Crippen LogP contribution in [0.25, 0.3) is 0 Å². The largest absolute Gasteiger partial charge is 0.483 e. The summed E-state index contributed by atoms with van der Waals surface area (Å²) in [5.41, 5.74) is 5.27. The first-order valence-electron chi connectivity index (χ1n) is 12.1. The van der Waals surface area contributed by atoms with Crippen molar-refractivity contribution < 1.29 is 9.53 Å². The van der Waals surface area contributed by atoms with Gasteiger partial charge in [-0.05, 0) is 54.0 Å². The number of hydrogen-bond acceptors (Lipinski definition) is 3. The summed E-state index contributed by atoms with van der Waals surface area (Å²) in [4.78, 5) is 17.4. The minimum absolute atomic E-state index is 0.0824. The number of fused-ring (bicyclic) bond motifs is 1. The molecule has 3 aromatic carbocycles. The van der Waals surface area contributed by atoms with Crippen molar-refractivity contribution in [2.24, 2.45) is 0 Å². The first kappa shape index (κ1) is 21.7. The smallest absolute Gasteiger partial charge is 0.260 e. The third-order valence-corrected chi connectivity index (χ3v) is 6.97. The molecule has 33 heavy (non-hydrogen) atoms. The van der Waals surface area contributed by atoms with Crippen molar-refractivity contribution >= 4 is 5.91 Å². The van der Waals surface area contributed by atoms with Crippen LogP contribution in [0.4, 0.5) is 0 Å². The van der Waals surface area contributed by atoms with Gasteiger partial charge in [-0.1, -0.05) is 72.8 Å². The van der Waals surface area contributed by atoms with E-state index in [2.05, 4.69) is 77.7 Å². The van der Waals surface area contributed by atoms with E-state index in [0.29, 0.717) is 0 Å². The lowest BCUT2D eigenvalue weighted by Gasteiger charge is -2.39. The second kappa shape index (κ2) is 10.2. The van der Waals surface area contributed by atoms with Crippen LogP contribution in [0.3, 0.4) is 0 Å². The van der Waals surface area contributed by atoms with Crippen molar-refractivity contribution in [2.75, 3.05) is 32.8 Å². The van der Waals surface area contributed by atoms with E-state index >= 15 is 0 Å². The average molecular weight is 441 g/mol. The summed E-state index contributed by atoms with van der Waals surface area (Å²) >= 11 is 0. The van der Waals surface area contributed by atoms with Crippen LogP contribution in [0.15, 0.2) is 78.9 Å². The molecule has 1 heterocycles. The molecule has 0 atom stereocenters. The molecule has 0 spiro atoms. The van der Waals surface area contributed by atoms with Crippen LogP contribution >= 0.6 is 0 Å². The third kappa shape index (κ3) is 4.96. The summed E-state index contributed by atoms with van der Waals surface area (Å²) in [6.07, 6.45) is 4.62. The molecule has 4 nitrogen and oxygen atoms in total. The summed E-state index contributed by atoms with van der Waals surface area (Å²) in [5, 5.41) is 0. The molecule has 1 fully saturated rings. The summed E-state index contributed by atoms with van der Waals surface area (Å²) in [5.74, 6) is 0.978. The predicted octanol–water partition coefficient (Wildman–Crippen LogP) is 4.88. The molecule has 0 N–H and O–H groups in total. The van der Waals surface area contributed by atoms with Crippen LogP contribution in [0.1, 0.15) is 41.1 Å². The molecule has 170 valence electrons. The molecule has 1 amide bonds. The van der Waals surface area contributed by atoms with Gasteiger partial charge in [-0.3, -0.25) is 9.69 Å². The molecule has 2 aliphatic rings. The molecule has 0 unspecified atom stereocenters. The molecule has 1 saturated heterocycles. The van der Waals surface area contributed by atoms with Crippen LogP contribution in [0, 0.1) is 0 Å². The van der Waals surface area contributed by atoms with Crippen LogP contribution in [-0.4, -0.2) is 48.5 Å². The van der Waals surface area contributed by atoms with Crippen molar-refractivity contribution in [1.29, 1.82) is 0 Å². The SMILES string of the molecule is O=C(COc1cccc2c1CCCC2)N1CCN(C(c2ccccc2)c2ccccc2)CC1. The van der Waals surface area contributed by atoms with E-state index in [1.54, 1.807) is 0 Å². The minimum atomic E-state index is 0.0824. The van der Waals surface area contributed by atoms with Crippen molar-refractivity contribution in [3.05, 3.63) is 101 Å². The number of rotatable bonds is 6. The van der Waals surface area contributed by atoms with Gasteiger partial charge in [0.1, 0.15) is 5.75 Å². The van der Waals surface area contributed by atoms with Gasteiger partial charge in [0.2, 0.25) is 0 Å². The summed E-state index contributed by atoms with van der Waals surface area (Å²) in [7, 11) is 0. The van der Waals surface area contributed by atoms with E-state index in [0.717, 1.165) is 44.8 Å². The molecule has 3 aromatic rings. The number of hydrogen-bond donors (Lipinski definition) is 0. The van der Waals surface area contributed by atoms with Crippen molar-refractivity contribution in [1.82, 2.24) is 9.80 Å². The Morgan fingerprint density at radius 2 is 1.39 bits per heavy atom. The number of nitrogens with zero attached hydrogens (tertiary/aromatic N) is 2. The average Bonchev–Trinajstić information content (AvgIpc) is 2.89. The fraction of sp³-hybridized carbons (Fsp3) is 0.345. The van der Waals surface area contributed by atoms with Crippen molar-refractivity contribution in [3.8, 4) is 5.75 Å². The molecule has 0 saturated carbocycles. The number of piperazine rings is 1. The van der Waals surface area contributed by atoms with E-state index in [4.69, 9.17) is 4.74 Å². The lowest BCUT2D eigenvalue weighted by molar-refractivity contribution is -0.135. The van der Waals surface area contributed by atoms with E-state index in [1.165, 1.54) is 35.1 Å². The van der Waals surface area contributed by atoms with Gasteiger partial charge >= 0.3 is 0 Å². The Bertz CT molecular complexity index is 1020. The Morgan fingerprint density at radius 1 is 0.758 bits per heavy atom. The topological polar surface area (TPSA) is 32.8 Å². The molecule has 4 heteroatoms. The van der Waals surface area contributed by atoms with Gasteiger partial charge in [0.25, 0.3) is 5.91 Å². The van der Waals surface area contributed by atoms with Gasteiger partial charge in [-0.15, -0.1) is 0 Å². The Morgan fingerprint density at radius 3 is 2.06 bits per heavy atom. The summed E-state index contributed by atoms with van der Waals surface area (Å²) in [6, 6.07) is 27.8. The fourth-order valence-electron chi connectivity index (χ4n) is 5.23. The second-order valence-electron chi connectivity index (χ2n) is 9.03. The van der Waals surface area contributed by atoms with E-state index in [-0.39, 0.29) is 18.6 Å². The van der Waals surface area contributed by atoms with Gasteiger partial charge in [0.15, 0.2) is 6.61 Å². The normalized spacial score (nSPS) is 16.5. The van der Waals surface area contributed by atoms with Gasteiger partial charge in [0.05, 0.1) is 6.04 Å². The highest BCUT2D eigenvalue weighted by Gasteiger charge is 2.28. The zero-order valence-electron chi connectivity index (χ0n) is 19.2. The number of carbonyl (C=O) groups excluding carboxylic acids is 1. The Balaban J connectivity index is 1.22. The van der Waals surface area contributed by atoms with Crippen molar-refractivity contribution in [2.45, 2.75) is 31.7 Å². The maximum absolute atomic E-state index is 12.9.